The number of anilines is 1. The van der Waals surface area contributed by atoms with E-state index in [0.29, 0.717) is 5.69 Å². The number of nitrogens with one attached hydrogen (secondary N) is 1. The third-order valence-electron chi connectivity index (χ3n) is 5.07. The molecule has 3 rings (SSSR count). The molecule has 2 aromatic carbocycles. The van der Waals surface area contributed by atoms with Crippen LogP contribution in [0.3, 0.4) is 0 Å². The normalized spacial score (nSPS) is 17.1. The van der Waals surface area contributed by atoms with Crippen molar-refractivity contribution in [3.8, 4) is 11.5 Å². The minimum Gasteiger partial charge on any atom is -0.497 e. The Balaban J connectivity index is 1.78. The monoisotopic (exact) mass is 418 g/mol. The van der Waals surface area contributed by atoms with Crippen molar-refractivity contribution in [2.45, 2.75) is 23.8 Å². The zero-order chi connectivity index (χ0) is 21.0. The second kappa shape index (κ2) is 8.84. The number of benzene rings is 2. The lowest BCUT2D eigenvalue weighted by Crippen LogP contribution is -2.33. The van der Waals surface area contributed by atoms with Gasteiger partial charge in [-0.2, -0.15) is 0 Å². The summed E-state index contributed by atoms with van der Waals surface area (Å²) in [6.07, 6.45) is 2.98. The van der Waals surface area contributed by atoms with Crippen LogP contribution in [0.25, 0.3) is 0 Å². The van der Waals surface area contributed by atoms with Crippen LogP contribution in [-0.4, -0.2) is 52.8 Å². The number of ether oxygens (including phenoxy) is 2. The first kappa shape index (κ1) is 21.1. The van der Waals surface area contributed by atoms with Crippen LogP contribution in [0.4, 0.5) is 5.69 Å². The molecule has 1 aliphatic rings. The molecule has 156 valence electrons. The molecule has 0 bridgehead atoms. The number of rotatable bonds is 7. The zero-order valence-corrected chi connectivity index (χ0v) is 17.7. The fraction of sp³-hybridized carbons (Fsp3) is 0.381. The molecule has 1 heterocycles. The number of carbonyl (C=O) groups is 1. The number of para-hydroxylation sites is 1. The highest BCUT2D eigenvalue weighted by molar-refractivity contribution is 7.90. The van der Waals surface area contributed by atoms with Crippen molar-refractivity contribution in [1.82, 2.24) is 4.90 Å². The van der Waals surface area contributed by atoms with Gasteiger partial charge in [0, 0.05) is 17.9 Å². The Labute approximate surface area is 171 Å². The standard InChI is InChI=1S/C21H26N2O5S/c1-27-15-10-11-19(28-2)16(13-15)18-8-6-12-23(18)14-21(24)22-17-7-4-5-9-20(17)29(3,25)26/h4-5,7,9-11,13,18H,6,8,12,14H2,1-3H3,(H,22,24)/t18-/m1/s1. The molecule has 0 aliphatic carbocycles. The molecule has 1 fully saturated rings. The number of hydrogen-bond acceptors (Lipinski definition) is 6. The Hall–Kier alpha value is -2.58. The SMILES string of the molecule is COc1ccc(OC)c([C@H]2CCCN2CC(=O)Nc2ccccc2S(C)(=O)=O)c1. The van der Waals surface area contributed by atoms with Crippen LogP contribution in [0.2, 0.25) is 0 Å². The first-order chi connectivity index (χ1) is 13.8. The van der Waals surface area contributed by atoms with E-state index in [9.17, 15) is 13.2 Å². The average Bonchev–Trinajstić information content (AvgIpc) is 3.14. The summed E-state index contributed by atoms with van der Waals surface area (Å²) in [6, 6.07) is 12.1. The fourth-order valence-electron chi connectivity index (χ4n) is 3.73. The molecule has 1 N–H and O–H groups in total. The summed E-state index contributed by atoms with van der Waals surface area (Å²) in [5.74, 6) is 1.24. The molecule has 0 unspecified atom stereocenters. The van der Waals surface area contributed by atoms with Crippen molar-refractivity contribution in [2.24, 2.45) is 0 Å². The minimum atomic E-state index is -3.44. The number of amides is 1. The van der Waals surface area contributed by atoms with Crippen molar-refractivity contribution in [1.29, 1.82) is 0 Å². The third kappa shape index (κ3) is 4.89. The lowest BCUT2D eigenvalue weighted by atomic mass is 10.0. The van der Waals surface area contributed by atoms with E-state index in [4.69, 9.17) is 9.47 Å². The van der Waals surface area contributed by atoms with Crippen LogP contribution >= 0.6 is 0 Å². The van der Waals surface area contributed by atoms with Gasteiger partial charge in [0.05, 0.1) is 31.3 Å². The predicted octanol–water partition coefficient (Wildman–Crippen LogP) is 2.88. The topological polar surface area (TPSA) is 84.9 Å². The molecule has 1 saturated heterocycles. The highest BCUT2D eigenvalue weighted by Crippen LogP contribution is 2.38. The van der Waals surface area contributed by atoms with E-state index in [1.54, 1.807) is 32.4 Å². The first-order valence-corrected chi connectivity index (χ1v) is 11.3. The Bertz CT molecular complexity index is 990. The molecule has 7 nitrogen and oxygen atoms in total. The highest BCUT2D eigenvalue weighted by Gasteiger charge is 2.30. The first-order valence-electron chi connectivity index (χ1n) is 9.38. The number of methoxy groups -OCH3 is 2. The molecule has 0 radical (unpaired) electrons. The molecular formula is C21H26N2O5S. The average molecular weight is 419 g/mol. The van der Waals surface area contributed by atoms with Gasteiger partial charge >= 0.3 is 0 Å². The van der Waals surface area contributed by atoms with Crippen LogP contribution in [0.5, 0.6) is 11.5 Å². The van der Waals surface area contributed by atoms with E-state index >= 15 is 0 Å². The maximum absolute atomic E-state index is 12.7. The van der Waals surface area contributed by atoms with Crippen LogP contribution in [0.1, 0.15) is 24.4 Å². The maximum Gasteiger partial charge on any atom is 0.238 e. The molecule has 2 aromatic rings. The van der Waals surface area contributed by atoms with Crippen molar-refractivity contribution in [3.05, 3.63) is 48.0 Å². The van der Waals surface area contributed by atoms with Crippen molar-refractivity contribution in [3.63, 3.8) is 0 Å². The summed E-state index contributed by atoms with van der Waals surface area (Å²) in [6.45, 7) is 0.926. The number of nitrogens with zero attached hydrogens (tertiary/aromatic N) is 1. The van der Waals surface area contributed by atoms with Gasteiger partial charge in [-0.25, -0.2) is 8.42 Å². The molecule has 8 heteroatoms. The van der Waals surface area contributed by atoms with Gasteiger partial charge in [0.25, 0.3) is 0 Å². The number of hydrogen-bond donors (Lipinski definition) is 1. The molecule has 1 atom stereocenters. The molecule has 0 spiro atoms. The summed E-state index contributed by atoms with van der Waals surface area (Å²) in [5, 5.41) is 2.75. The lowest BCUT2D eigenvalue weighted by molar-refractivity contribution is -0.117. The van der Waals surface area contributed by atoms with Gasteiger partial charge in [-0.1, -0.05) is 12.1 Å². The number of sulfone groups is 1. The van der Waals surface area contributed by atoms with Crippen LogP contribution in [0.15, 0.2) is 47.4 Å². The van der Waals surface area contributed by atoms with Gasteiger partial charge in [-0.3, -0.25) is 9.69 Å². The number of carbonyl (C=O) groups excluding carboxylic acids is 1. The van der Waals surface area contributed by atoms with Gasteiger partial charge in [0.15, 0.2) is 9.84 Å². The molecule has 29 heavy (non-hydrogen) atoms. The summed E-state index contributed by atoms with van der Waals surface area (Å²) < 4.78 is 34.8. The zero-order valence-electron chi connectivity index (χ0n) is 16.8. The largest absolute Gasteiger partial charge is 0.497 e. The number of likely N-dealkylation sites (tertiary alicyclic amines) is 1. The van der Waals surface area contributed by atoms with Gasteiger partial charge in [0.1, 0.15) is 11.5 Å². The van der Waals surface area contributed by atoms with E-state index in [2.05, 4.69) is 10.2 Å². The quantitative estimate of drug-likeness (QED) is 0.744. The summed E-state index contributed by atoms with van der Waals surface area (Å²) in [5.41, 5.74) is 1.28. The summed E-state index contributed by atoms with van der Waals surface area (Å²) in [4.78, 5) is 14.9. The van der Waals surface area contributed by atoms with E-state index < -0.39 is 9.84 Å². The van der Waals surface area contributed by atoms with Crippen molar-refractivity contribution in [2.75, 3.05) is 38.9 Å². The smallest absolute Gasteiger partial charge is 0.238 e. The van der Waals surface area contributed by atoms with Crippen LogP contribution < -0.4 is 14.8 Å². The molecule has 1 aliphatic heterocycles. The third-order valence-corrected chi connectivity index (χ3v) is 6.22. The van der Waals surface area contributed by atoms with Gasteiger partial charge in [0.2, 0.25) is 5.91 Å². The van der Waals surface area contributed by atoms with E-state index in [0.717, 1.165) is 42.7 Å². The highest BCUT2D eigenvalue weighted by atomic mass is 32.2. The van der Waals surface area contributed by atoms with E-state index in [1.807, 2.05) is 18.2 Å². The Morgan fingerprint density at radius 2 is 1.93 bits per heavy atom. The molecular weight excluding hydrogens is 392 g/mol. The van der Waals surface area contributed by atoms with E-state index in [1.165, 1.54) is 6.07 Å². The minimum absolute atomic E-state index is 0.0240. The van der Waals surface area contributed by atoms with E-state index in [-0.39, 0.29) is 23.4 Å². The fourth-order valence-corrected chi connectivity index (χ4v) is 4.58. The predicted molar refractivity (Wildman–Crippen MR) is 111 cm³/mol. The van der Waals surface area contributed by atoms with Gasteiger partial charge in [-0.05, 0) is 49.7 Å². The second-order valence-corrected chi connectivity index (χ2v) is 9.04. The van der Waals surface area contributed by atoms with Crippen LogP contribution in [-0.2, 0) is 14.6 Å². The summed E-state index contributed by atoms with van der Waals surface area (Å²) >= 11 is 0. The molecule has 1 amide bonds. The molecule has 0 saturated carbocycles. The van der Waals surface area contributed by atoms with Gasteiger partial charge < -0.3 is 14.8 Å². The second-order valence-electron chi connectivity index (χ2n) is 7.05. The molecule has 0 aromatic heterocycles. The summed E-state index contributed by atoms with van der Waals surface area (Å²) in [7, 11) is -0.195. The van der Waals surface area contributed by atoms with Crippen molar-refractivity contribution >= 4 is 21.4 Å². The van der Waals surface area contributed by atoms with Crippen LogP contribution in [0, 0.1) is 0 Å². The Morgan fingerprint density at radius 1 is 1.17 bits per heavy atom. The lowest BCUT2D eigenvalue weighted by Gasteiger charge is -2.26. The maximum atomic E-state index is 12.7. The van der Waals surface area contributed by atoms with Crippen molar-refractivity contribution < 1.29 is 22.7 Å². The van der Waals surface area contributed by atoms with Gasteiger partial charge in [-0.15, -0.1) is 0 Å². The Morgan fingerprint density at radius 3 is 2.62 bits per heavy atom. The Kier molecular flexibility index (Phi) is 6.44.